The van der Waals surface area contributed by atoms with Crippen molar-refractivity contribution in [3.05, 3.63) is 34.1 Å². The van der Waals surface area contributed by atoms with Crippen LogP contribution in [0, 0.1) is 5.82 Å². The van der Waals surface area contributed by atoms with Gasteiger partial charge in [-0.3, -0.25) is 9.69 Å². The molecule has 0 radical (unpaired) electrons. The predicted molar refractivity (Wildman–Crippen MR) is 79.2 cm³/mol. The zero-order valence-corrected chi connectivity index (χ0v) is 12.9. The summed E-state index contributed by atoms with van der Waals surface area (Å²) in [6.45, 7) is 3.92. The molecule has 5 heteroatoms. The quantitative estimate of drug-likeness (QED) is 0.826. The number of likely N-dealkylation sites (tertiary alicyclic amines) is 2. The van der Waals surface area contributed by atoms with Gasteiger partial charge >= 0.3 is 0 Å². The summed E-state index contributed by atoms with van der Waals surface area (Å²) in [4.78, 5) is 16.8. The van der Waals surface area contributed by atoms with Crippen molar-refractivity contribution in [1.82, 2.24) is 9.80 Å². The highest BCUT2D eigenvalue weighted by molar-refractivity contribution is 9.10. The van der Waals surface area contributed by atoms with E-state index in [1.54, 1.807) is 12.1 Å². The molecule has 0 saturated carbocycles. The number of hydrogen-bond donors (Lipinski definition) is 0. The minimum absolute atomic E-state index is 0.00685. The van der Waals surface area contributed by atoms with Crippen LogP contribution >= 0.6 is 15.9 Å². The molecular formula is C15H18BrFN2O. The summed E-state index contributed by atoms with van der Waals surface area (Å²) in [5.74, 6) is -0.328. The second-order valence-electron chi connectivity index (χ2n) is 5.57. The lowest BCUT2D eigenvalue weighted by Gasteiger charge is -2.23. The van der Waals surface area contributed by atoms with Crippen molar-refractivity contribution in [2.24, 2.45) is 0 Å². The molecule has 1 unspecified atom stereocenters. The fourth-order valence-electron chi connectivity index (χ4n) is 3.14. The molecule has 1 amide bonds. The Morgan fingerprint density at radius 2 is 2.00 bits per heavy atom. The lowest BCUT2D eigenvalue weighted by atomic mass is 10.2. The van der Waals surface area contributed by atoms with E-state index in [1.807, 2.05) is 4.90 Å². The molecule has 2 fully saturated rings. The van der Waals surface area contributed by atoms with Gasteiger partial charge in [-0.15, -0.1) is 0 Å². The number of carbonyl (C=O) groups excluding carboxylic acids is 1. The van der Waals surface area contributed by atoms with Crippen molar-refractivity contribution in [3.8, 4) is 0 Å². The Morgan fingerprint density at radius 1 is 1.25 bits per heavy atom. The molecule has 2 saturated heterocycles. The molecule has 2 aliphatic heterocycles. The zero-order chi connectivity index (χ0) is 14.1. The lowest BCUT2D eigenvalue weighted by molar-refractivity contribution is 0.0780. The number of carbonyl (C=O) groups is 1. The van der Waals surface area contributed by atoms with Crippen LogP contribution in [0.15, 0.2) is 22.7 Å². The molecule has 2 aliphatic rings. The summed E-state index contributed by atoms with van der Waals surface area (Å²) in [5.41, 5.74) is 0.556. The van der Waals surface area contributed by atoms with Gasteiger partial charge in [-0.05, 0) is 66.5 Å². The largest absolute Gasteiger partial charge is 0.337 e. The van der Waals surface area contributed by atoms with E-state index in [4.69, 9.17) is 0 Å². The second kappa shape index (κ2) is 5.82. The van der Waals surface area contributed by atoms with Gasteiger partial charge in [0.2, 0.25) is 0 Å². The maximum atomic E-state index is 13.2. The first-order valence-corrected chi connectivity index (χ1v) is 7.93. The molecule has 1 aromatic carbocycles. The maximum absolute atomic E-state index is 13.2. The van der Waals surface area contributed by atoms with E-state index in [0.29, 0.717) is 16.1 Å². The van der Waals surface area contributed by atoms with Crippen molar-refractivity contribution in [3.63, 3.8) is 0 Å². The fraction of sp³-hybridized carbons (Fsp3) is 0.533. The van der Waals surface area contributed by atoms with E-state index in [-0.39, 0.29) is 11.7 Å². The number of rotatable bonds is 2. The molecule has 0 N–H and O–H groups in total. The SMILES string of the molecule is O=C(c1ccc(F)c(Br)c1)N1CCC(N2CCCC2)C1. The van der Waals surface area contributed by atoms with E-state index in [9.17, 15) is 9.18 Å². The Balaban J connectivity index is 1.67. The van der Waals surface area contributed by atoms with Crippen LogP contribution in [-0.4, -0.2) is 47.9 Å². The molecule has 0 aliphatic carbocycles. The van der Waals surface area contributed by atoms with Gasteiger partial charge in [0.25, 0.3) is 5.91 Å². The van der Waals surface area contributed by atoms with E-state index < -0.39 is 0 Å². The molecular weight excluding hydrogens is 323 g/mol. The monoisotopic (exact) mass is 340 g/mol. The van der Waals surface area contributed by atoms with Gasteiger partial charge in [0, 0.05) is 24.7 Å². The van der Waals surface area contributed by atoms with Gasteiger partial charge in [-0.1, -0.05) is 0 Å². The number of nitrogens with zero attached hydrogens (tertiary/aromatic N) is 2. The van der Waals surface area contributed by atoms with Gasteiger partial charge in [0.05, 0.1) is 4.47 Å². The Kier molecular flexibility index (Phi) is 4.08. The molecule has 20 heavy (non-hydrogen) atoms. The highest BCUT2D eigenvalue weighted by Gasteiger charge is 2.31. The molecule has 2 heterocycles. The van der Waals surface area contributed by atoms with Gasteiger partial charge in [-0.2, -0.15) is 0 Å². The van der Waals surface area contributed by atoms with Crippen molar-refractivity contribution in [1.29, 1.82) is 0 Å². The third-order valence-electron chi connectivity index (χ3n) is 4.27. The fourth-order valence-corrected chi connectivity index (χ4v) is 3.52. The van der Waals surface area contributed by atoms with Gasteiger partial charge in [0.1, 0.15) is 5.82 Å². The molecule has 0 spiro atoms. The number of benzene rings is 1. The topological polar surface area (TPSA) is 23.6 Å². The third-order valence-corrected chi connectivity index (χ3v) is 4.88. The molecule has 1 aromatic rings. The van der Waals surface area contributed by atoms with E-state index in [1.165, 1.54) is 18.9 Å². The van der Waals surface area contributed by atoms with E-state index >= 15 is 0 Å². The summed E-state index contributed by atoms with van der Waals surface area (Å²) >= 11 is 3.13. The van der Waals surface area contributed by atoms with Crippen LogP contribution in [0.25, 0.3) is 0 Å². The Hall–Kier alpha value is -0.940. The average molecular weight is 341 g/mol. The van der Waals surface area contributed by atoms with Crippen molar-refractivity contribution >= 4 is 21.8 Å². The summed E-state index contributed by atoms with van der Waals surface area (Å²) < 4.78 is 13.6. The van der Waals surface area contributed by atoms with Crippen LogP contribution in [0.1, 0.15) is 29.6 Å². The number of halogens is 2. The van der Waals surface area contributed by atoms with Gasteiger partial charge in [-0.25, -0.2) is 4.39 Å². The minimum atomic E-state index is -0.335. The van der Waals surface area contributed by atoms with Crippen LogP contribution in [-0.2, 0) is 0 Å². The Bertz CT molecular complexity index is 517. The van der Waals surface area contributed by atoms with Crippen molar-refractivity contribution in [2.75, 3.05) is 26.2 Å². The van der Waals surface area contributed by atoms with Crippen LogP contribution in [0.5, 0.6) is 0 Å². The maximum Gasteiger partial charge on any atom is 0.253 e. The Morgan fingerprint density at radius 3 is 2.70 bits per heavy atom. The smallest absolute Gasteiger partial charge is 0.253 e. The van der Waals surface area contributed by atoms with Crippen molar-refractivity contribution < 1.29 is 9.18 Å². The van der Waals surface area contributed by atoms with Crippen LogP contribution in [0.3, 0.4) is 0 Å². The lowest BCUT2D eigenvalue weighted by Crippen LogP contribution is -2.37. The van der Waals surface area contributed by atoms with Crippen LogP contribution in [0.2, 0.25) is 0 Å². The number of amides is 1. The third kappa shape index (κ3) is 2.74. The second-order valence-corrected chi connectivity index (χ2v) is 6.42. The van der Waals surface area contributed by atoms with Crippen molar-refractivity contribution in [2.45, 2.75) is 25.3 Å². The first kappa shape index (κ1) is 14.0. The summed E-state index contributed by atoms with van der Waals surface area (Å²) in [6, 6.07) is 4.97. The first-order chi connectivity index (χ1) is 9.65. The molecule has 0 aromatic heterocycles. The summed E-state index contributed by atoms with van der Waals surface area (Å²) in [7, 11) is 0. The molecule has 3 rings (SSSR count). The molecule has 1 atom stereocenters. The average Bonchev–Trinajstić information content (AvgIpc) is 3.11. The van der Waals surface area contributed by atoms with Crippen LogP contribution < -0.4 is 0 Å². The standard InChI is InChI=1S/C15H18BrFN2O/c16-13-9-11(3-4-14(13)17)15(20)19-8-5-12(10-19)18-6-1-2-7-18/h3-4,9,12H,1-2,5-8,10H2. The zero-order valence-electron chi connectivity index (χ0n) is 11.3. The Labute approximate surface area is 126 Å². The van der Waals surface area contributed by atoms with Crippen LogP contribution in [0.4, 0.5) is 4.39 Å². The summed E-state index contributed by atoms with van der Waals surface area (Å²) in [5, 5.41) is 0. The normalized spacial score (nSPS) is 23.5. The van der Waals surface area contributed by atoms with Gasteiger partial charge < -0.3 is 4.90 Å². The predicted octanol–water partition coefficient (Wildman–Crippen LogP) is 2.90. The highest BCUT2D eigenvalue weighted by Crippen LogP contribution is 2.23. The highest BCUT2D eigenvalue weighted by atomic mass is 79.9. The summed E-state index contributed by atoms with van der Waals surface area (Å²) in [6.07, 6.45) is 3.60. The molecule has 3 nitrogen and oxygen atoms in total. The van der Waals surface area contributed by atoms with Gasteiger partial charge in [0.15, 0.2) is 0 Å². The first-order valence-electron chi connectivity index (χ1n) is 7.13. The molecule has 0 bridgehead atoms. The minimum Gasteiger partial charge on any atom is -0.337 e. The number of hydrogen-bond acceptors (Lipinski definition) is 2. The molecule has 108 valence electrons. The van der Waals surface area contributed by atoms with E-state index in [0.717, 1.165) is 32.6 Å². The van der Waals surface area contributed by atoms with E-state index in [2.05, 4.69) is 20.8 Å².